The van der Waals surface area contributed by atoms with Crippen molar-refractivity contribution in [2.45, 2.75) is 36.6 Å². The fourth-order valence-electron chi connectivity index (χ4n) is 2.89. The summed E-state index contributed by atoms with van der Waals surface area (Å²) in [5.74, 6) is -0.365. The van der Waals surface area contributed by atoms with Crippen LogP contribution in [0.2, 0.25) is 0 Å². The minimum atomic E-state index is -3.84. The Morgan fingerprint density at radius 3 is 2.61 bits per heavy atom. The van der Waals surface area contributed by atoms with E-state index in [4.69, 9.17) is 0 Å². The molecule has 1 atom stereocenters. The standard InChI is InChI=1S/C14H18N2O5S2/c1-14(2)11-7-10(3-4-12(11)15-13(14)17)23(20,21)16-9-5-6-22(18,19)8-9/h3-4,7,9,16H,5-6,8H2,1-2H3,(H,15,17). The highest BCUT2D eigenvalue weighted by Gasteiger charge is 2.39. The number of sulfone groups is 1. The van der Waals surface area contributed by atoms with E-state index in [-0.39, 0.29) is 28.7 Å². The summed E-state index contributed by atoms with van der Waals surface area (Å²) in [5, 5.41) is 2.72. The molecule has 7 nitrogen and oxygen atoms in total. The maximum Gasteiger partial charge on any atom is 0.240 e. The molecule has 23 heavy (non-hydrogen) atoms. The highest BCUT2D eigenvalue weighted by molar-refractivity contribution is 7.92. The van der Waals surface area contributed by atoms with Crippen molar-refractivity contribution in [3.05, 3.63) is 23.8 Å². The first kappa shape index (κ1) is 16.4. The Labute approximate surface area is 135 Å². The minimum Gasteiger partial charge on any atom is -0.325 e. The summed E-state index contributed by atoms with van der Waals surface area (Å²) in [6.07, 6.45) is 0.276. The number of benzene rings is 1. The van der Waals surface area contributed by atoms with Gasteiger partial charge in [0.2, 0.25) is 15.9 Å². The number of amides is 1. The topological polar surface area (TPSA) is 109 Å². The number of hydrogen-bond donors (Lipinski definition) is 2. The van der Waals surface area contributed by atoms with Crippen LogP contribution in [0.15, 0.2) is 23.1 Å². The molecule has 126 valence electrons. The van der Waals surface area contributed by atoms with Gasteiger partial charge in [-0.1, -0.05) is 0 Å². The van der Waals surface area contributed by atoms with Crippen molar-refractivity contribution < 1.29 is 21.6 Å². The van der Waals surface area contributed by atoms with E-state index in [2.05, 4.69) is 10.0 Å². The van der Waals surface area contributed by atoms with Gasteiger partial charge in [0.1, 0.15) is 0 Å². The van der Waals surface area contributed by atoms with Gasteiger partial charge in [-0.05, 0) is 44.0 Å². The zero-order valence-corrected chi connectivity index (χ0v) is 14.4. The van der Waals surface area contributed by atoms with E-state index in [1.807, 2.05) is 0 Å². The zero-order valence-electron chi connectivity index (χ0n) is 12.8. The van der Waals surface area contributed by atoms with Gasteiger partial charge < -0.3 is 5.32 Å². The third-order valence-corrected chi connectivity index (χ3v) is 7.63. The van der Waals surface area contributed by atoms with Gasteiger partial charge in [0, 0.05) is 11.7 Å². The molecule has 2 N–H and O–H groups in total. The summed E-state index contributed by atoms with van der Waals surface area (Å²) in [7, 11) is -7.00. The lowest BCUT2D eigenvalue weighted by Gasteiger charge is -2.17. The Kier molecular flexibility index (Phi) is 3.58. The largest absolute Gasteiger partial charge is 0.325 e. The molecule has 1 amide bonds. The lowest BCUT2D eigenvalue weighted by molar-refractivity contribution is -0.119. The predicted octanol–water partition coefficient (Wildman–Crippen LogP) is 0.382. The second-order valence-electron chi connectivity index (χ2n) is 6.51. The Balaban J connectivity index is 1.91. The number of carbonyl (C=O) groups excluding carboxylic acids is 1. The molecule has 0 radical (unpaired) electrons. The van der Waals surface area contributed by atoms with Crippen LogP contribution in [0.4, 0.5) is 5.69 Å². The van der Waals surface area contributed by atoms with Gasteiger partial charge in [-0.15, -0.1) is 0 Å². The van der Waals surface area contributed by atoms with Crippen molar-refractivity contribution in [1.29, 1.82) is 0 Å². The van der Waals surface area contributed by atoms with Gasteiger partial charge >= 0.3 is 0 Å². The normalized spacial score (nSPS) is 25.1. The van der Waals surface area contributed by atoms with Gasteiger partial charge in [0.25, 0.3) is 0 Å². The van der Waals surface area contributed by atoms with E-state index in [1.165, 1.54) is 12.1 Å². The number of carbonyl (C=O) groups is 1. The molecule has 9 heteroatoms. The summed E-state index contributed by atoms with van der Waals surface area (Å²) in [4.78, 5) is 12.0. The zero-order chi connectivity index (χ0) is 17.0. The SMILES string of the molecule is CC1(C)C(=O)Nc2ccc(S(=O)(=O)NC3CCS(=O)(=O)C3)cc21. The average Bonchev–Trinajstić information content (AvgIpc) is 2.87. The van der Waals surface area contributed by atoms with Crippen LogP contribution >= 0.6 is 0 Å². The van der Waals surface area contributed by atoms with Crippen LogP contribution in [-0.2, 0) is 30.1 Å². The fourth-order valence-corrected chi connectivity index (χ4v) is 5.97. The van der Waals surface area contributed by atoms with Crippen LogP contribution < -0.4 is 10.0 Å². The predicted molar refractivity (Wildman–Crippen MR) is 85.5 cm³/mol. The summed E-state index contributed by atoms with van der Waals surface area (Å²) in [6.45, 7) is 3.45. The van der Waals surface area contributed by atoms with Gasteiger partial charge in [0.15, 0.2) is 9.84 Å². The van der Waals surface area contributed by atoms with Gasteiger partial charge in [0.05, 0.1) is 21.8 Å². The van der Waals surface area contributed by atoms with Crippen LogP contribution in [0, 0.1) is 0 Å². The average molecular weight is 358 g/mol. The second-order valence-corrected chi connectivity index (χ2v) is 10.5. The Morgan fingerprint density at radius 2 is 2.00 bits per heavy atom. The first-order valence-corrected chi connectivity index (χ1v) is 10.5. The van der Waals surface area contributed by atoms with Gasteiger partial charge in [-0.2, -0.15) is 0 Å². The first-order chi connectivity index (χ1) is 10.5. The van der Waals surface area contributed by atoms with E-state index in [9.17, 15) is 21.6 Å². The number of sulfonamides is 1. The van der Waals surface area contributed by atoms with Crippen molar-refractivity contribution in [1.82, 2.24) is 4.72 Å². The third kappa shape index (κ3) is 2.88. The summed E-state index contributed by atoms with van der Waals surface area (Å²) in [5.41, 5.74) is 0.407. The van der Waals surface area contributed by atoms with Crippen molar-refractivity contribution in [3.8, 4) is 0 Å². The van der Waals surface area contributed by atoms with Crippen molar-refractivity contribution in [3.63, 3.8) is 0 Å². The summed E-state index contributed by atoms with van der Waals surface area (Å²) in [6, 6.07) is 3.83. The van der Waals surface area contributed by atoms with Crippen molar-refractivity contribution >= 4 is 31.5 Å². The number of rotatable bonds is 3. The molecule has 0 aromatic heterocycles. The lowest BCUT2D eigenvalue weighted by atomic mass is 9.86. The van der Waals surface area contributed by atoms with E-state index in [0.717, 1.165) is 0 Å². The first-order valence-electron chi connectivity index (χ1n) is 7.20. The molecule has 0 aliphatic carbocycles. The second kappa shape index (κ2) is 5.02. The molecule has 0 spiro atoms. The molecule has 1 aromatic carbocycles. The number of nitrogens with one attached hydrogen (secondary N) is 2. The van der Waals surface area contributed by atoms with E-state index in [0.29, 0.717) is 11.3 Å². The van der Waals surface area contributed by atoms with E-state index < -0.39 is 31.3 Å². The molecule has 1 unspecified atom stereocenters. The molecule has 1 aromatic rings. The summed E-state index contributed by atoms with van der Waals surface area (Å²) >= 11 is 0. The molecule has 0 saturated carbocycles. The van der Waals surface area contributed by atoms with Crippen molar-refractivity contribution in [2.24, 2.45) is 0 Å². The third-order valence-electron chi connectivity index (χ3n) is 4.34. The molecule has 1 fully saturated rings. The quantitative estimate of drug-likeness (QED) is 0.812. The molecule has 0 bridgehead atoms. The maximum atomic E-state index is 12.5. The molecule has 2 heterocycles. The van der Waals surface area contributed by atoms with Crippen LogP contribution in [0.1, 0.15) is 25.8 Å². The van der Waals surface area contributed by atoms with Gasteiger partial charge in [-0.3, -0.25) is 4.79 Å². The maximum absolute atomic E-state index is 12.5. The van der Waals surface area contributed by atoms with E-state index in [1.54, 1.807) is 19.9 Å². The molecule has 3 rings (SSSR count). The highest BCUT2D eigenvalue weighted by atomic mass is 32.2. The molecular formula is C14H18N2O5S2. The van der Waals surface area contributed by atoms with Crippen LogP contribution in [0.5, 0.6) is 0 Å². The highest BCUT2D eigenvalue weighted by Crippen LogP contribution is 2.38. The number of anilines is 1. The Hall–Kier alpha value is -1.45. The van der Waals surface area contributed by atoms with Crippen LogP contribution in [-0.4, -0.2) is 40.3 Å². The van der Waals surface area contributed by atoms with Crippen molar-refractivity contribution in [2.75, 3.05) is 16.8 Å². The Bertz CT molecular complexity index is 888. The fraction of sp³-hybridized carbons (Fsp3) is 0.500. The minimum absolute atomic E-state index is 0.00414. The molecular weight excluding hydrogens is 340 g/mol. The lowest BCUT2D eigenvalue weighted by Crippen LogP contribution is -2.35. The summed E-state index contributed by atoms with van der Waals surface area (Å²) < 4.78 is 50.3. The number of hydrogen-bond acceptors (Lipinski definition) is 5. The van der Waals surface area contributed by atoms with Crippen LogP contribution in [0.3, 0.4) is 0 Å². The molecule has 1 saturated heterocycles. The molecule has 2 aliphatic rings. The number of fused-ring (bicyclic) bond motifs is 1. The molecule has 2 aliphatic heterocycles. The smallest absolute Gasteiger partial charge is 0.240 e. The van der Waals surface area contributed by atoms with Crippen LogP contribution in [0.25, 0.3) is 0 Å². The monoisotopic (exact) mass is 358 g/mol. The van der Waals surface area contributed by atoms with E-state index >= 15 is 0 Å². The Morgan fingerprint density at radius 1 is 1.30 bits per heavy atom. The van der Waals surface area contributed by atoms with Gasteiger partial charge in [-0.25, -0.2) is 21.6 Å².